The molecule has 2 N–H and O–H groups in total. The number of Topliss-reactive ketones (excluding diaryl/α,β-unsaturated/α-hetero) is 1. The molecule has 0 saturated carbocycles. The second kappa shape index (κ2) is 5.60. The summed E-state index contributed by atoms with van der Waals surface area (Å²) in [5.41, 5.74) is 5.60. The zero-order valence-corrected chi connectivity index (χ0v) is 10.2. The first-order chi connectivity index (χ1) is 6.63. The average molecular weight is 278 g/mol. The maximum atomic E-state index is 11.5. The third-order valence-corrected chi connectivity index (χ3v) is 3.36. The van der Waals surface area contributed by atoms with Crippen molar-refractivity contribution in [3.63, 3.8) is 0 Å². The average Bonchev–Trinajstić information content (AvgIpc) is 2.51. The van der Waals surface area contributed by atoms with Gasteiger partial charge < -0.3 is 10.5 Å². The van der Waals surface area contributed by atoms with Crippen molar-refractivity contribution in [3.05, 3.63) is 20.8 Å². The van der Waals surface area contributed by atoms with Crippen LogP contribution in [0.5, 0.6) is 0 Å². The Morgan fingerprint density at radius 3 is 2.93 bits per heavy atom. The van der Waals surface area contributed by atoms with E-state index in [9.17, 15) is 4.79 Å². The molecule has 0 amide bonds. The lowest BCUT2D eigenvalue weighted by Crippen LogP contribution is -2.35. The van der Waals surface area contributed by atoms with Crippen LogP contribution in [0.15, 0.2) is 15.9 Å². The van der Waals surface area contributed by atoms with Gasteiger partial charge in [0.15, 0.2) is 5.78 Å². The molecule has 0 aromatic carbocycles. The Labute approximate surface area is 95.4 Å². The number of thiophene rings is 1. The molecular formula is C9H12BrNO2S. The van der Waals surface area contributed by atoms with Gasteiger partial charge in [-0.2, -0.15) is 0 Å². The summed E-state index contributed by atoms with van der Waals surface area (Å²) in [4.78, 5) is 12.5. The zero-order chi connectivity index (χ0) is 10.6. The fraction of sp³-hybridized carbons (Fsp3) is 0.444. The van der Waals surface area contributed by atoms with Crippen LogP contribution in [0.25, 0.3) is 0 Å². The molecule has 0 radical (unpaired) electrons. The summed E-state index contributed by atoms with van der Waals surface area (Å²) < 4.78 is 5.84. The van der Waals surface area contributed by atoms with E-state index >= 15 is 0 Å². The van der Waals surface area contributed by atoms with Crippen LogP contribution >= 0.6 is 27.3 Å². The number of carbonyl (C=O) groups excluding carboxylic acids is 1. The summed E-state index contributed by atoms with van der Waals surface area (Å²) in [5.74, 6) is 0.0150. The standard InChI is InChI=1S/C9H12BrNO2S/c1-13-5-7(11)8(12)4-6-2-3-9(10)14-6/h2-3,7H,4-5,11H2,1H3. The van der Waals surface area contributed by atoms with Gasteiger partial charge in [0.2, 0.25) is 0 Å². The highest BCUT2D eigenvalue weighted by Gasteiger charge is 2.14. The SMILES string of the molecule is COCC(N)C(=O)Cc1ccc(Br)s1. The van der Waals surface area contributed by atoms with Gasteiger partial charge in [-0.15, -0.1) is 11.3 Å². The molecule has 1 atom stereocenters. The minimum Gasteiger partial charge on any atom is -0.383 e. The van der Waals surface area contributed by atoms with Crippen molar-refractivity contribution in [2.75, 3.05) is 13.7 Å². The highest BCUT2D eigenvalue weighted by atomic mass is 79.9. The lowest BCUT2D eigenvalue weighted by molar-refractivity contribution is -0.120. The lowest BCUT2D eigenvalue weighted by atomic mass is 10.1. The van der Waals surface area contributed by atoms with Crippen LogP contribution in [0.3, 0.4) is 0 Å². The molecule has 5 heteroatoms. The van der Waals surface area contributed by atoms with Crippen LogP contribution in [-0.2, 0) is 16.0 Å². The molecule has 0 aliphatic heterocycles. The number of ether oxygens (including phenoxy) is 1. The van der Waals surface area contributed by atoms with E-state index in [1.807, 2.05) is 12.1 Å². The molecule has 0 spiro atoms. The van der Waals surface area contributed by atoms with Gasteiger partial charge in [-0.05, 0) is 28.1 Å². The van der Waals surface area contributed by atoms with Crippen molar-refractivity contribution in [1.29, 1.82) is 0 Å². The first-order valence-electron chi connectivity index (χ1n) is 4.15. The highest BCUT2D eigenvalue weighted by Crippen LogP contribution is 2.22. The van der Waals surface area contributed by atoms with Gasteiger partial charge in [-0.3, -0.25) is 4.79 Å². The number of halogens is 1. The zero-order valence-electron chi connectivity index (χ0n) is 7.83. The van der Waals surface area contributed by atoms with E-state index in [2.05, 4.69) is 15.9 Å². The maximum Gasteiger partial charge on any atom is 0.157 e. The molecule has 1 heterocycles. The molecule has 0 saturated heterocycles. The van der Waals surface area contributed by atoms with E-state index in [-0.39, 0.29) is 12.4 Å². The Bertz CT molecular complexity index is 314. The number of ketones is 1. The molecule has 0 bridgehead atoms. The number of rotatable bonds is 5. The Kier molecular flexibility index (Phi) is 4.74. The quantitative estimate of drug-likeness (QED) is 0.890. The van der Waals surface area contributed by atoms with Gasteiger partial charge in [0.25, 0.3) is 0 Å². The van der Waals surface area contributed by atoms with Gasteiger partial charge in [0, 0.05) is 18.4 Å². The normalized spacial score (nSPS) is 12.8. The van der Waals surface area contributed by atoms with Crippen LogP contribution in [0.2, 0.25) is 0 Å². The topological polar surface area (TPSA) is 52.3 Å². The molecule has 3 nitrogen and oxygen atoms in total. The van der Waals surface area contributed by atoms with Gasteiger partial charge in [-0.1, -0.05) is 0 Å². The van der Waals surface area contributed by atoms with Crippen molar-refractivity contribution in [1.82, 2.24) is 0 Å². The fourth-order valence-corrected chi connectivity index (χ4v) is 2.52. The maximum absolute atomic E-state index is 11.5. The Morgan fingerprint density at radius 1 is 1.71 bits per heavy atom. The van der Waals surface area contributed by atoms with Crippen molar-refractivity contribution < 1.29 is 9.53 Å². The van der Waals surface area contributed by atoms with Gasteiger partial charge in [-0.25, -0.2) is 0 Å². The summed E-state index contributed by atoms with van der Waals surface area (Å²) in [6.07, 6.45) is 0.390. The minimum atomic E-state index is -0.513. The molecule has 1 unspecified atom stereocenters. The predicted octanol–water partition coefficient (Wildman–Crippen LogP) is 1.60. The molecule has 0 aliphatic carbocycles. The molecule has 0 fully saturated rings. The van der Waals surface area contributed by atoms with E-state index in [0.29, 0.717) is 6.42 Å². The molecule has 78 valence electrons. The van der Waals surface area contributed by atoms with Gasteiger partial charge in [0.1, 0.15) is 0 Å². The van der Waals surface area contributed by atoms with Crippen LogP contribution < -0.4 is 5.73 Å². The first-order valence-corrected chi connectivity index (χ1v) is 5.76. The van der Waals surface area contributed by atoms with E-state index in [1.54, 1.807) is 11.3 Å². The summed E-state index contributed by atoms with van der Waals surface area (Å²) in [5, 5.41) is 0. The van der Waals surface area contributed by atoms with Crippen LogP contribution in [0.4, 0.5) is 0 Å². The van der Waals surface area contributed by atoms with E-state index in [4.69, 9.17) is 10.5 Å². The summed E-state index contributed by atoms with van der Waals surface area (Å²) in [7, 11) is 1.54. The molecule has 14 heavy (non-hydrogen) atoms. The molecule has 1 aromatic rings. The predicted molar refractivity (Wildman–Crippen MR) is 60.6 cm³/mol. The second-order valence-corrected chi connectivity index (χ2v) is 5.46. The van der Waals surface area contributed by atoms with Crippen molar-refractivity contribution in [2.45, 2.75) is 12.5 Å². The van der Waals surface area contributed by atoms with E-state index in [1.165, 1.54) is 7.11 Å². The smallest absolute Gasteiger partial charge is 0.157 e. The molecule has 1 rings (SSSR count). The molecule has 1 aromatic heterocycles. The van der Waals surface area contributed by atoms with Crippen LogP contribution in [0.1, 0.15) is 4.88 Å². The first kappa shape index (κ1) is 11.8. The molecular weight excluding hydrogens is 266 g/mol. The van der Waals surface area contributed by atoms with Gasteiger partial charge in [0.05, 0.1) is 16.4 Å². The second-order valence-electron chi connectivity index (χ2n) is 2.91. The van der Waals surface area contributed by atoms with E-state index < -0.39 is 6.04 Å². The monoisotopic (exact) mass is 277 g/mol. The minimum absolute atomic E-state index is 0.0150. The molecule has 0 aliphatic rings. The summed E-state index contributed by atoms with van der Waals surface area (Å²) in [6, 6.07) is 3.34. The highest BCUT2D eigenvalue weighted by molar-refractivity contribution is 9.11. The van der Waals surface area contributed by atoms with Crippen molar-refractivity contribution in [3.8, 4) is 0 Å². The Morgan fingerprint density at radius 2 is 2.43 bits per heavy atom. The third-order valence-electron chi connectivity index (χ3n) is 1.74. The number of carbonyl (C=O) groups is 1. The Hall–Kier alpha value is -0.230. The lowest BCUT2D eigenvalue weighted by Gasteiger charge is -2.07. The van der Waals surface area contributed by atoms with Gasteiger partial charge >= 0.3 is 0 Å². The summed E-state index contributed by atoms with van der Waals surface area (Å²) in [6.45, 7) is 0.283. The third kappa shape index (κ3) is 3.49. The number of methoxy groups -OCH3 is 1. The van der Waals surface area contributed by atoms with Crippen LogP contribution in [0, 0.1) is 0 Å². The number of hydrogen-bond donors (Lipinski definition) is 1. The number of nitrogens with two attached hydrogens (primary N) is 1. The largest absolute Gasteiger partial charge is 0.383 e. The fourth-order valence-electron chi connectivity index (χ4n) is 1.02. The number of hydrogen-bond acceptors (Lipinski definition) is 4. The Balaban J connectivity index is 2.48. The van der Waals surface area contributed by atoms with Crippen molar-refractivity contribution >= 4 is 33.0 Å². The van der Waals surface area contributed by atoms with Crippen molar-refractivity contribution in [2.24, 2.45) is 5.73 Å². The van der Waals surface area contributed by atoms with Crippen LogP contribution in [-0.4, -0.2) is 25.5 Å². The van der Waals surface area contributed by atoms with E-state index in [0.717, 1.165) is 8.66 Å². The summed E-state index contributed by atoms with van der Waals surface area (Å²) >= 11 is 4.89.